The molecule has 1 heterocycles. The van der Waals surface area contributed by atoms with E-state index in [0.29, 0.717) is 11.6 Å². The van der Waals surface area contributed by atoms with Gasteiger partial charge < -0.3 is 5.73 Å². The monoisotopic (exact) mass is 307 g/mol. The third kappa shape index (κ3) is 2.26. The number of anilines is 1. The average molecular weight is 308 g/mol. The topological polar surface area (TPSA) is 51.8 Å². The van der Waals surface area contributed by atoms with Gasteiger partial charge in [0.25, 0.3) is 0 Å². The van der Waals surface area contributed by atoms with Crippen molar-refractivity contribution < 1.29 is 0 Å². The fourth-order valence-corrected chi connectivity index (χ4v) is 2.60. The first kappa shape index (κ1) is 14.3. The maximum Gasteiger partial charge on any atom is 0.162 e. The molecule has 1 aromatic heterocycles. The largest absolute Gasteiger partial charge is 0.383 e. The summed E-state index contributed by atoms with van der Waals surface area (Å²) in [4.78, 5) is 9.19. The number of benzene rings is 3. The van der Waals surface area contributed by atoms with Crippen LogP contribution in [0.25, 0.3) is 33.1 Å². The molecular formula is C18H14ClN3. The van der Waals surface area contributed by atoms with Crippen molar-refractivity contribution in [2.45, 2.75) is 0 Å². The maximum absolute atomic E-state index is 6.13. The highest BCUT2D eigenvalue weighted by atomic mass is 35.5. The molecule has 3 nitrogen and oxygen atoms in total. The highest BCUT2D eigenvalue weighted by molar-refractivity contribution is 6.08. The van der Waals surface area contributed by atoms with Crippen LogP contribution in [0.15, 0.2) is 66.7 Å². The molecule has 0 spiro atoms. The van der Waals surface area contributed by atoms with Gasteiger partial charge in [0.05, 0.1) is 5.52 Å². The lowest BCUT2D eigenvalue weighted by Gasteiger charge is -2.08. The number of rotatable bonds is 1. The van der Waals surface area contributed by atoms with E-state index >= 15 is 0 Å². The van der Waals surface area contributed by atoms with Gasteiger partial charge in [-0.1, -0.05) is 60.7 Å². The van der Waals surface area contributed by atoms with Crippen molar-refractivity contribution in [1.29, 1.82) is 0 Å². The molecule has 4 aromatic rings. The third-order valence-corrected chi connectivity index (χ3v) is 3.65. The van der Waals surface area contributed by atoms with Gasteiger partial charge in [0.1, 0.15) is 5.82 Å². The fraction of sp³-hybridized carbons (Fsp3) is 0. The molecule has 3 aromatic carbocycles. The minimum atomic E-state index is 0. The Balaban J connectivity index is 0.00000144. The molecule has 0 saturated carbocycles. The van der Waals surface area contributed by atoms with Crippen LogP contribution in [0.3, 0.4) is 0 Å². The molecule has 4 heteroatoms. The molecule has 0 atom stereocenters. The summed E-state index contributed by atoms with van der Waals surface area (Å²) in [5.41, 5.74) is 8.01. The quantitative estimate of drug-likeness (QED) is 0.528. The van der Waals surface area contributed by atoms with Gasteiger partial charge in [-0.3, -0.25) is 0 Å². The number of fused-ring (bicyclic) bond motifs is 3. The van der Waals surface area contributed by atoms with Crippen LogP contribution in [0, 0.1) is 0 Å². The first-order valence-electron chi connectivity index (χ1n) is 6.83. The molecular weight excluding hydrogens is 294 g/mol. The lowest BCUT2D eigenvalue weighted by atomic mass is 10.1. The Morgan fingerprint density at radius 3 is 2.23 bits per heavy atom. The number of halogens is 1. The van der Waals surface area contributed by atoms with E-state index in [1.807, 2.05) is 48.5 Å². The highest BCUT2D eigenvalue weighted by Crippen LogP contribution is 2.28. The zero-order valence-corrected chi connectivity index (χ0v) is 12.5. The lowest BCUT2D eigenvalue weighted by molar-refractivity contribution is 1.24. The Morgan fingerprint density at radius 2 is 1.41 bits per heavy atom. The summed E-state index contributed by atoms with van der Waals surface area (Å²) >= 11 is 0. The van der Waals surface area contributed by atoms with Gasteiger partial charge in [-0.05, 0) is 11.5 Å². The summed E-state index contributed by atoms with van der Waals surface area (Å²) in [6.07, 6.45) is 0. The van der Waals surface area contributed by atoms with Crippen molar-refractivity contribution in [2.75, 3.05) is 5.73 Å². The first-order valence-corrected chi connectivity index (χ1v) is 6.83. The van der Waals surface area contributed by atoms with E-state index in [1.54, 1.807) is 0 Å². The molecule has 4 rings (SSSR count). The van der Waals surface area contributed by atoms with Crippen molar-refractivity contribution in [3.05, 3.63) is 66.7 Å². The van der Waals surface area contributed by atoms with E-state index in [0.717, 1.165) is 27.2 Å². The minimum Gasteiger partial charge on any atom is -0.383 e. The van der Waals surface area contributed by atoms with Gasteiger partial charge in [-0.25, -0.2) is 9.97 Å². The van der Waals surface area contributed by atoms with Crippen molar-refractivity contribution in [2.24, 2.45) is 0 Å². The highest BCUT2D eigenvalue weighted by Gasteiger charge is 2.09. The molecule has 0 saturated heterocycles. The number of nitrogen functional groups attached to an aromatic ring is 1. The Labute approximate surface area is 134 Å². The molecule has 0 aliphatic carbocycles. The van der Waals surface area contributed by atoms with Gasteiger partial charge in [0.2, 0.25) is 0 Å². The lowest BCUT2D eigenvalue weighted by Crippen LogP contribution is -1.98. The number of hydrogen-bond acceptors (Lipinski definition) is 3. The van der Waals surface area contributed by atoms with E-state index in [-0.39, 0.29) is 12.4 Å². The first-order chi connectivity index (χ1) is 10.3. The molecule has 2 N–H and O–H groups in total. The van der Waals surface area contributed by atoms with Gasteiger partial charge in [-0.15, -0.1) is 12.4 Å². The molecule has 0 bridgehead atoms. The van der Waals surface area contributed by atoms with Crippen LogP contribution in [0.5, 0.6) is 0 Å². The molecule has 0 amide bonds. The van der Waals surface area contributed by atoms with Gasteiger partial charge in [0, 0.05) is 16.3 Å². The van der Waals surface area contributed by atoms with Crippen LogP contribution >= 0.6 is 12.4 Å². The third-order valence-electron chi connectivity index (χ3n) is 3.65. The van der Waals surface area contributed by atoms with Crippen LogP contribution < -0.4 is 5.73 Å². The predicted molar refractivity (Wildman–Crippen MR) is 94.1 cm³/mol. The molecule has 0 fully saturated rings. The molecule has 0 aliphatic rings. The average Bonchev–Trinajstić information content (AvgIpc) is 2.55. The number of hydrogen-bond donors (Lipinski definition) is 1. The van der Waals surface area contributed by atoms with Crippen LogP contribution in [0.2, 0.25) is 0 Å². The number of aromatic nitrogens is 2. The summed E-state index contributed by atoms with van der Waals surface area (Å²) in [6, 6.07) is 22.1. The van der Waals surface area contributed by atoms with E-state index < -0.39 is 0 Å². The molecule has 108 valence electrons. The second kappa shape index (κ2) is 5.62. The second-order valence-corrected chi connectivity index (χ2v) is 4.98. The molecule has 22 heavy (non-hydrogen) atoms. The molecule has 0 unspecified atom stereocenters. The van der Waals surface area contributed by atoms with Crippen LogP contribution in [-0.2, 0) is 0 Å². The van der Waals surface area contributed by atoms with Crippen molar-refractivity contribution in [3.63, 3.8) is 0 Å². The Bertz CT molecular complexity index is 952. The maximum atomic E-state index is 6.13. The van der Waals surface area contributed by atoms with Crippen LogP contribution in [0.4, 0.5) is 5.82 Å². The van der Waals surface area contributed by atoms with Crippen LogP contribution in [-0.4, -0.2) is 9.97 Å². The summed E-state index contributed by atoms with van der Waals surface area (Å²) in [6.45, 7) is 0. The fourth-order valence-electron chi connectivity index (χ4n) is 2.60. The van der Waals surface area contributed by atoms with Crippen molar-refractivity contribution in [1.82, 2.24) is 9.97 Å². The van der Waals surface area contributed by atoms with E-state index in [9.17, 15) is 0 Å². The normalized spacial score (nSPS) is 10.5. The van der Waals surface area contributed by atoms with Gasteiger partial charge in [0.15, 0.2) is 5.82 Å². The van der Waals surface area contributed by atoms with Gasteiger partial charge >= 0.3 is 0 Å². The minimum absolute atomic E-state index is 0. The smallest absolute Gasteiger partial charge is 0.162 e. The summed E-state index contributed by atoms with van der Waals surface area (Å²) in [7, 11) is 0. The standard InChI is InChI=1S/C18H13N3.ClH/c19-17-15-11-10-12-6-4-5-9-14(12)16(15)20-18(21-17)13-7-2-1-3-8-13;/h1-11H,(H2,19,20,21);1H. The van der Waals surface area contributed by atoms with Crippen molar-refractivity contribution in [3.8, 4) is 11.4 Å². The Morgan fingerprint density at radius 1 is 0.682 bits per heavy atom. The second-order valence-electron chi connectivity index (χ2n) is 4.98. The van der Waals surface area contributed by atoms with E-state index in [4.69, 9.17) is 10.7 Å². The SMILES string of the molecule is Cl.Nc1nc(-c2ccccc2)nc2c1ccc1ccccc12. The zero-order valence-electron chi connectivity index (χ0n) is 11.7. The summed E-state index contributed by atoms with van der Waals surface area (Å²) in [5, 5.41) is 3.15. The van der Waals surface area contributed by atoms with E-state index in [2.05, 4.69) is 23.2 Å². The Kier molecular flexibility index (Phi) is 3.65. The number of nitrogens with zero attached hydrogens (tertiary/aromatic N) is 2. The number of nitrogens with two attached hydrogens (primary N) is 1. The zero-order chi connectivity index (χ0) is 14.2. The van der Waals surface area contributed by atoms with E-state index in [1.165, 1.54) is 0 Å². The van der Waals surface area contributed by atoms with Gasteiger partial charge in [-0.2, -0.15) is 0 Å². The predicted octanol–water partition coefficient (Wildman–Crippen LogP) is 4.45. The summed E-state index contributed by atoms with van der Waals surface area (Å²) in [5.74, 6) is 1.18. The molecule has 0 aliphatic heterocycles. The van der Waals surface area contributed by atoms with Crippen molar-refractivity contribution >= 4 is 39.9 Å². The Hall–Kier alpha value is -2.65. The molecule has 0 radical (unpaired) electrons. The van der Waals surface area contributed by atoms with Crippen LogP contribution in [0.1, 0.15) is 0 Å². The summed E-state index contributed by atoms with van der Waals surface area (Å²) < 4.78 is 0.